The Morgan fingerprint density at radius 2 is 1.97 bits per heavy atom. The van der Waals surface area contributed by atoms with Gasteiger partial charge in [0.1, 0.15) is 6.10 Å². The van der Waals surface area contributed by atoms with E-state index in [4.69, 9.17) is 33.0 Å². The van der Waals surface area contributed by atoms with E-state index in [0.717, 1.165) is 0 Å². The van der Waals surface area contributed by atoms with Gasteiger partial charge in [0, 0.05) is 33.0 Å². The first kappa shape index (κ1) is 20.9. The maximum atomic E-state index is 12.6. The first-order valence-electron chi connectivity index (χ1n) is 8.76. The van der Waals surface area contributed by atoms with Gasteiger partial charge in [-0.2, -0.15) is 5.10 Å². The predicted octanol–water partition coefficient (Wildman–Crippen LogP) is 2.62. The van der Waals surface area contributed by atoms with Gasteiger partial charge < -0.3 is 20.1 Å². The number of likely N-dealkylation sites (tertiary alicyclic amines) is 1. The second kappa shape index (κ2) is 8.71. The summed E-state index contributed by atoms with van der Waals surface area (Å²) < 4.78 is 6.03. The van der Waals surface area contributed by atoms with Crippen molar-refractivity contribution >= 4 is 35.2 Å². The number of hydrogen-bond acceptors (Lipinski definition) is 5. The van der Waals surface area contributed by atoms with Gasteiger partial charge >= 0.3 is 6.09 Å². The fourth-order valence-electron chi connectivity index (χ4n) is 3.07. The first-order valence-corrected chi connectivity index (χ1v) is 9.52. The van der Waals surface area contributed by atoms with Crippen LogP contribution in [0.1, 0.15) is 23.3 Å². The zero-order valence-electron chi connectivity index (χ0n) is 15.4. The van der Waals surface area contributed by atoms with Crippen molar-refractivity contribution in [3.63, 3.8) is 0 Å². The van der Waals surface area contributed by atoms with Crippen molar-refractivity contribution in [3.05, 3.63) is 44.3 Å². The normalized spacial score (nSPS) is 14.5. The molecule has 1 aliphatic rings. The smallest absolute Gasteiger partial charge is 0.407 e. The summed E-state index contributed by atoms with van der Waals surface area (Å²) in [5.74, 6) is -0.527. The van der Waals surface area contributed by atoms with Crippen LogP contribution in [0.5, 0.6) is 5.75 Å². The van der Waals surface area contributed by atoms with E-state index in [2.05, 4.69) is 15.5 Å². The van der Waals surface area contributed by atoms with Crippen molar-refractivity contribution in [2.24, 2.45) is 0 Å². The molecule has 1 aliphatic heterocycles. The van der Waals surface area contributed by atoms with Gasteiger partial charge in [-0.3, -0.25) is 9.59 Å². The van der Waals surface area contributed by atoms with Crippen LogP contribution in [0, 0.1) is 0 Å². The van der Waals surface area contributed by atoms with Crippen molar-refractivity contribution in [3.8, 4) is 16.9 Å². The Morgan fingerprint density at radius 1 is 1.28 bits per heavy atom. The predicted molar refractivity (Wildman–Crippen MR) is 107 cm³/mol. The molecule has 0 atom stereocenters. The molecule has 0 saturated carbocycles. The number of benzene rings is 1. The minimum atomic E-state index is -0.996. The molecule has 0 bridgehead atoms. The third-order valence-corrected chi connectivity index (χ3v) is 5.32. The van der Waals surface area contributed by atoms with E-state index in [1.807, 2.05) is 0 Å². The number of nitrogens with one attached hydrogen (secondary N) is 2. The van der Waals surface area contributed by atoms with E-state index < -0.39 is 17.6 Å². The average molecular weight is 441 g/mol. The molecule has 0 spiro atoms. The highest BCUT2D eigenvalue weighted by Gasteiger charge is 2.28. The average Bonchev–Trinajstić information content (AvgIpc) is 2.70. The van der Waals surface area contributed by atoms with Crippen molar-refractivity contribution in [2.75, 3.05) is 20.1 Å². The number of carbonyl (C=O) groups excluding carboxylic acids is 1. The third-order valence-electron chi connectivity index (χ3n) is 4.59. The summed E-state index contributed by atoms with van der Waals surface area (Å²) in [6, 6.07) is 4.63. The molecule has 1 saturated heterocycles. The number of aromatic amines is 1. The Kier molecular flexibility index (Phi) is 6.29. The number of ether oxygens (including phenoxy) is 1. The number of halogens is 2. The maximum absolute atomic E-state index is 12.6. The second-order valence-corrected chi connectivity index (χ2v) is 7.21. The molecule has 11 heteroatoms. The van der Waals surface area contributed by atoms with E-state index in [1.165, 1.54) is 24.1 Å². The quantitative estimate of drug-likeness (QED) is 0.670. The van der Waals surface area contributed by atoms with E-state index in [9.17, 15) is 14.4 Å². The molecule has 1 fully saturated rings. The number of carboxylic acid groups (broad SMARTS) is 1. The molecule has 0 unspecified atom stereocenters. The van der Waals surface area contributed by atoms with Gasteiger partial charge in [0.25, 0.3) is 11.5 Å². The Balaban J connectivity index is 2.04. The number of H-pyrrole nitrogens is 1. The molecule has 3 rings (SSSR count). The fraction of sp³-hybridized carbons (Fsp3) is 0.333. The summed E-state index contributed by atoms with van der Waals surface area (Å²) in [6.07, 6.45) is -0.567. The molecular formula is C18H18Cl2N4O5. The van der Waals surface area contributed by atoms with Crippen LogP contribution in [0.4, 0.5) is 4.79 Å². The van der Waals surface area contributed by atoms with Crippen molar-refractivity contribution in [2.45, 2.75) is 18.9 Å². The van der Waals surface area contributed by atoms with Gasteiger partial charge in [0.2, 0.25) is 0 Å². The van der Waals surface area contributed by atoms with E-state index in [1.54, 1.807) is 6.07 Å². The SMILES string of the molecule is CNC(=O)c1n[nH]c(=O)c(-c2ccc(Cl)c(Cl)c2)c1OC1CCN(C(=O)O)CC1. The highest BCUT2D eigenvalue weighted by atomic mass is 35.5. The van der Waals surface area contributed by atoms with Gasteiger partial charge in [-0.1, -0.05) is 29.3 Å². The molecule has 0 aliphatic carbocycles. The lowest BCUT2D eigenvalue weighted by atomic mass is 10.0. The highest BCUT2D eigenvalue weighted by Crippen LogP contribution is 2.34. The molecular weight excluding hydrogens is 423 g/mol. The van der Waals surface area contributed by atoms with Gasteiger partial charge in [-0.15, -0.1) is 0 Å². The summed E-state index contributed by atoms with van der Waals surface area (Å²) >= 11 is 12.1. The number of carbonyl (C=O) groups is 2. The molecule has 3 N–H and O–H groups in total. The van der Waals surface area contributed by atoms with Crippen LogP contribution in [0.2, 0.25) is 10.0 Å². The minimum Gasteiger partial charge on any atom is -0.487 e. The Hall–Kier alpha value is -2.78. The van der Waals surface area contributed by atoms with E-state index in [0.29, 0.717) is 23.4 Å². The van der Waals surface area contributed by atoms with Gasteiger partial charge in [-0.05, 0) is 17.7 Å². The lowest BCUT2D eigenvalue weighted by Gasteiger charge is -2.31. The van der Waals surface area contributed by atoms with Crippen LogP contribution in [0.3, 0.4) is 0 Å². The second-order valence-electron chi connectivity index (χ2n) is 6.40. The van der Waals surface area contributed by atoms with Gasteiger partial charge in [-0.25, -0.2) is 9.89 Å². The summed E-state index contributed by atoms with van der Waals surface area (Å²) in [7, 11) is 1.43. The summed E-state index contributed by atoms with van der Waals surface area (Å²) in [6.45, 7) is 0.571. The standard InChI is InChI=1S/C18H18Cl2N4O5/c1-21-17(26)14-15(29-10-4-6-24(7-5-10)18(27)28)13(16(25)23-22-14)9-2-3-11(19)12(20)8-9/h2-3,8,10H,4-7H2,1H3,(H,21,26)(H,23,25)(H,27,28). The summed E-state index contributed by atoms with van der Waals surface area (Å²) in [5, 5.41) is 18.3. The number of piperidine rings is 1. The van der Waals surface area contributed by atoms with Crippen LogP contribution >= 0.6 is 23.2 Å². The topological polar surface area (TPSA) is 125 Å². The summed E-state index contributed by atoms with van der Waals surface area (Å²) in [5.41, 5.74) is -0.146. The molecule has 2 amide bonds. The summed E-state index contributed by atoms with van der Waals surface area (Å²) in [4.78, 5) is 37.3. The van der Waals surface area contributed by atoms with Gasteiger partial charge in [0.15, 0.2) is 11.4 Å². The van der Waals surface area contributed by atoms with Crippen molar-refractivity contribution in [1.29, 1.82) is 0 Å². The monoisotopic (exact) mass is 440 g/mol. The largest absolute Gasteiger partial charge is 0.487 e. The van der Waals surface area contributed by atoms with Crippen LogP contribution in [0.25, 0.3) is 11.1 Å². The zero-order chi connectivity index (χ0) is 21.1. The maximum Gasteiger partial charge on any atom is 0.407 e. The number of aromatic nitrogens is 2. The van der Waals surface area contributed by atoms with E-state index >= 15 is 0 Å². The number of hydrogen-bond donors (Lipinski definition) is 3. The molecule has 9 nitrogen and oxygen atoms in total. The van der Waals surface area contributed by atoms with Crippen molar-refractivity contribution in [1.82, 2.24) is 20.4 Å². The molecule has 2 aromatic rings. The highest BCUT2D eigenvalue weighted by molar-refractivity contribution is 6.42. The van der Waals surface area contributed by atoms with E-state index in [-0.39, 0.29) is 41.2 Å². The van der Waals surface area contributed by atoms with Crippen LogP contribution < -0.4 is 15.6 Å². The molecule has 154 valence electrons. The molecule has 0 radical (unpaired) electrons. The zero-order valence-corrected chi connectivity index (χ0v) is 16.9. The lowest BCUT2D eigenvalue weighted by Crippen LogP contribution is -2.41. The fourth-order valence-corrected chi connectivity index (χ4v) is 3.37. The van der Waals surface area contributed by atoms with Crippen LogP contribution in [0.15, 0.2) is 23.0 Å². The van der Waals surface area contributed by atoms with Gasteiger partial charge in [0.05, 0.1) is 15.6 Å². The Bertz CT molecular complexity index is 1000. The number of amides is 2. The first-order chi connectivity index (χ1) is 13.8. The Morgan fingerprint density at radius 3 is 2.55 bits per heavy atom. The van der Waals surface area contributed by atoms with Crippen LogP contribution in [-0.2, 0) is 0 Å². The van der Waals surface area contributed by atoms with Crippen molar-refractivity contribution < 1.29 is 19.4 Å². The van der Waals surface area contributed by atoms with Crippen LogP contribution in [-0.4, -0.2) is 58.4 Å². The number of rotatable bonds is 4. The number of nitrogens with zero attached hydrogens (tertiary/aromatic N) is 2. The lowest BCUT2D eigenvalue weighted by molar-refractivity contribution is 0.0863. The molecule has 1 aromatic carbocycles. The molecule has 2 heterocycles. The minimum absolute atomic E-state index is 0.0141. The third kappa shape index (κ3) is 4.46. The Labute approximate surface area is 175 Å². The molecule has 29 heavy (non-hydrogen) atoms. The molecule has 1 aromatic heterocycles.